The first-order valence-corrected chi connectivity index (χ1v) is 8.49. The fraction of sp³-hybridized carbons (Fsp3) is 0.667. The Morgan fingerprint density at radius 1 is 0.727 bits per heavy atom. The second kappa shape index (κ2) is 6.67. The van der Waals surface area contributed by atoms with Crippen LogP contribution in [0.5, 0.6) is 0 Å². The van der Waals surface area contributed by atoms with Crippen molar-refractivity contribution in [2.24, 2.45) is 0 Å². The normalized spacial score (nSPS) is 39.2. The Kier molecular flexibility index (Phi) is 4.44. The average Bonchev–Trinajstić information content (AvgIpc) is 2.56. The zero-order valence-corrected chi connectivity index (χ0v) is 12.9. The number of fused-ring (bicyclic) bond motifs is 2. The molecule has 0 aliphatic carbocycles. The van der Waals surface area contributed by atoms with Gasteiger partial charge in [0.05, 0.1) is 24.9 Å². The Labute approximate surface area is 131 Å². The van der Waals surface area contributed by atoms with Crippen molar-refractivity contribution in [3.05, 3.63) is 35.9 Å². The molecule has 0 N–H and O–H groups in total. The molecule has 3 fully saturated rings. The van der Waals surface area contributed by atoms with Gasteiger partial charge in [-0.05, 0) is 32.1 Å². The second-order valence-corrected chi connectivity index (χ2v) is 6.45. The first-order valence-electron chi connectivity index (χ1n) is 8.49. The van der Waals surface area contributed by atoms with Crippen molar-refractivity contribution in [1.29, 1.82) is 0 Å². The van der Waals surface area contributed by atoms with Gasteiger partial charge in [0.25, 0.3) is 0 Å². The maximum absolute atomic E-state index is 6.31. The van der Waals surface area contributed by atoms with Gasteiger partial charge >= 0.3 is 0 Å². The van der Waals surface area contributed by atoms with Crippen LogP contribution in [0, 0.1) is 0 Å². The van der Waals surface area contributed by atoms with E-state index in [0.29, 0.717) is 6.61 Å². The van der Waals surface area contributed by atoms with Crippen molar-refractivity contribution in [3.63, 3.8) is 0 Å². The van der Waals surface area contributed by atoms with Crippen LogP contribution in [0.15, 0.2) is 30.3 Å². The maximum Gasteiger partial charge on any atom is 0.184 e. The molecule has 4 rings (SSSR count). The van der Waals surface area contributed by atoms with Crippen molar-refractivity contribution >= 4 is 0 Å². The second-order valence-electron chi connectivity index (χ2n) is 6.45. The zero-order valence-electron chi connectivity index (χ0n) is 12.9. The first kappa shape index (κ1) is 14.6. The van der Waals surface area contributed by atoms with E-state index in [9.17, 15) is 0 Å². The summed E-state index contributed by atoms with van der Waals surface area (Å²) >= 11 is 0. The van der Waals surface area contributed by atoms with E-state index in [-0.39, 0.29) is 30.7 Å². The Morgan fingerprint density at radius 3 is 2.41 bits per heavy atom. The fourth-order valence-corrected chi connectivity index (χ4v) is 3.72. The lowest BCUT2D eigenvalue weighted by molar-refractivity contribution is -0.287. The van der Waals surface area contributed by atoms with Crippen LogP contribution in [0.1, 0.15) is 44.0 Å². The van der Waals surface area contributed by atoms with Gasteiger partial charge in [-0.3, -0.25) is 0 Å². The summed E-state index contributed by atoms with van der Waals surface area (Å²) in [6, 6.07) is 10.2. The molecule has 4 heteroatoms. The molecule has 22 heavy (non-hydrogen) atoms. The van der Waals surface area contributed by atoms with Crippen LogP contribution in [0.25, 0.3) is 0 Å². The molecule has 1 aromatic carbocycles. The Morgan fingerprint density at radius 2 is 1.50 bits per heavy atom. The molecule has 0 spiro atoms. The zero-order chi connectivity index (χ0) is 14.8. The molecule has 0 aromatic heterocycles. The number of ether oxygens (including phenoxy) is 4. The molecule has 1 aromatic rings. The van der Waals surface area contributed by atoms with Crippen molar-refractivity contribution in [3.8, 4) is 0 Å². The monoisotopic (exact) mass is 304 g/mol. The van der Waals surface area contributed by atoms with E-state index in [0.717, 1.165) is 44.3 Å². The number of benzene rings is 1. The lowest BCUT2D eigenvalue weighted by Crippen LogP contribution is -2.49. The molecular formula is C18H24O4. The average molecular weight is 304 g/mol. The maximum atomic E-state index is 6.31. The van der Waals surface area contributed by atoms with Gasteiger partial charge in [-0.15, -0.1) is 0 Å². The van der Waals surface area contributed by atoms with Crippen molar-refractivity contribution in [2.45, 2.75) is 62.8 Å². The van der Waals surface area contributed by atoms with Crippen molar-refractivity contribution in [1.82, 2.24) is 0 Å². The minimum absolute atomic E-state index is 0.0365. The molecule has 3 aliphatic rings. The summed E-state index contributed by atoms with van der Waals surface area (Å²) in [6.45, 7) is 1.48. The van der Waals surface area contributed by atoms with Gasteiger partial charge in [0.1, 0.15) is 6.10 Å². The highest BCUT2D eigenvalue weighted by Gasteiger charge is 2.39. The molecule has 0 unspecified atom stereocenters. The summed E-state index contributed by atoms with van der Waals surface area (Å²) in [5.74, 6) is 0. The molecule has 4 nitrogen and oxygen atoms in total. The van der Waals surface area contributed by atoms with E-state index in [1.165, 1.54) is 0 Å². The Hall–Kier alpha value is -0.940. The number of hydrogen-bond donors (Lipinski definition) is 0. The molecule has 0 bridgehead atoms. The smallest absolute Gasteiger partial charge is 0.184 e. The van der Waals surface area contributed by atoms with Crippen LogP contribution in [-0.2, 0) is 18.9 Å². The highest BCUT2D eigenvalue weighted by Crippen LogP contribution is 2.34. The molecule has 120 valence electrons. The van der Waals surface area contributed by atoms with Crippen LogP contribution in [0.2, 0.25) is 0 Å². The summed E-state index contributed by atoms with van der Waals surface area (Å²) in [5.41, 5.74) is 1.09. The van der Waals surface area contributed by atoms with Gasteiger partial charge in [-0.2, -0.15) is 0 Å². The van der Waals surface area contributed by atoms with Crippen LogP contribution < -0.4 is 0 Å². The van der Waals surface area contributed by atoms with E-state index in [2.05, 4.69) is 12.1 Å². The standard InChI is InChI=1S/C18H24O4/c1-2-6-13(7-3-1)18-20-12-17-16(22-18)9-4-8-14-15(21-17)10-5-11-19-14/h1-3,6-7,14-18H,4-5,8-12H2/t14-,15+,16+,17-,18-/m1/s1. The molecule has 0 amide bonds. The molecule has 3 heterocycles. The van der Waals surface area contributed by atoms with Crippen molar-refractivity contribution < 1.29 is 18.9 Å². The van der Waals surface area contributed by atoms with Gasteiger partial charge in [-0.25, -0.2) is 0 Å². The lowest BCUT2D eigenvalue weighted by Gasteiger charge is -2.43. The first-order chi connectivity index (χ1) is 10.9. The molecule has 3 saturated heterocycles. The SMILES string of the molecule is c1ccc([C@@H]2OC[C@H]3O[C@H]4CCCO[C@@H]4CCC[C@@H]3O2)cc1. The molecule has 3 aliphatic heterocycles. The summed E-state index contributed by atoms with van der Waals surface area (Å²) in [7, 11) is 0. The van der Waals surface area contributed by atoms with Crippen molar-refractivity contribution in [2.75, 3.05) is 13.2 Å². The number of hydrogen-bond acceptors (Lipinski definition) is 4. The quantitative estimate of drug-likeness (QED) is 0.798. The van der Waals surface area contributed by atoms with Gasteiger partial charge < -0.3 is 18.9 Å². The third-order valence-corrected chi connectivity index (χ3v) is 4.90. The van der Waals surface area contributed by atoms with E-state index in [4.69, 9.17) is 18.9 Å². The molecule has 5 atom stereocenters. The van der Waals surface area contributed by atoms with Gasteiger partial charge in [-0.1, -0.05) is 30.3 Å². The minimum Gasteiger partial charge on any atom is -0.376 e. The van der Waals surface area contributed by atoms with Gasteiger partial charge in [0.15, 0.2) is 6.29 Å². The number of rotatable bonds is 1. The van der Waals surface area contributed by atoms with Crippen LogP contribution in [0.4, 0.5) is 0 Å². The van der Waals surface area contributed by atoms with E-state index in [1.54, 1.807) is 0 Å². The summed E-state index contributed by atoms with van der Waals surface area (Å²) in [6.07, 6.45) is 5.79. The summed E-state index contributed by atoms with van der Waals surface area (Å²) < 4.78 is 24.3. The highest BCUT2D eigenvalue weighted by molar-refractivity contribution is 5.16. The van der Waals surface area contributed by atoms with E-state index >= 15 is 0 Å². The van der Waals surface area contributed by atoms with Gasteiger partial charge in [0.2, 0.25) is 0 Å². The fourth-order valence-electron chi connectivity index (χ4n) is 3.72. The third kappa shape index (κ3) is 3.06. The van der Waals surface area contributed by atoms with E-state index in [1.807, 2.05) is 18.2 Å². The Bertz CT molecular complexity index is 477. The van der Waals surface area contributed by atoms with Crippen LogP contribution in [-0.4, -0.2) is 37.6 Å². The molecule has 0 radical (unpaired) electrons. The topological polar surface area (TPSA) is 36.9 Å². The molecule has 0 saturated carbocycles. The lowest BCUT2D eigenvalue weighted by atomic mass is 9.95. The minimum atomic E-state index is -0.260. The molecular weight excluding hydrogens is 280 g/mol. The van der Waals surface area contributed by atoms with E-state index < -0.39 is 0 Å². The predicted octanol–water partition coefficient (Wildman–Crippen LogP) is 3.22. The van der Waals surface area contributed by atoms with Gasteiger partial charge in [0, 0.05) is 12.2 Å². The summed E-state index contributed by atoms with van der Waals surface area (Å²) in [5, 5.41) is 0. The highest BCUT2D eigenvalue weighted by atomic mass is 16.7. The largest absolute Gasteiger partial charge is 0.376 e. The summed E-state index contributed by atoms with van der Waals surface area (Å²) in [4.78, 5) is 0. The predicted molar refractivity (Wildman–Crippen MR) is 81.5 cm³/mol. The third-order valence-electron chi connectivity index (χ3n) is 4.90. The van der Waals surface area contributed by atoms with Crippen LogP contribution >= 0.6 is 0 Å². The van der Waals surface area contributed by atoms with Crippen LogP contribution in [0.3, 0.4) is 0 Å². The Balaban J connectivity index is 1.44.